The maximum Gasteiger partial charge on any atom is 0.163 e. The van der Waals surface area contributed by atoms with E-state index in [0.717, 1.165) is 11.1 Å². The van der Waals surface area contributed by atoms with Crippen LogP contribution in [0, 0.1) is 12.8 Å². The molecule has 1 aromatic carbocycles. The fraction of sp³-hybridized carbons (Fsp3) is 0.417. The number of ketones is 1. The Bertz CT molecular complexity index is 367. The zero-order chi connectivity index (χ0) is 10.1. The third-order valence-electron chi connectivity index (χ3n) is 2.66. The van der Waals surface area contributed by atoms with Gasteiger partial charge in [-0.2, -0.15) is 0 Å². The standard InChI is InChI=1S/C12H13ClO/c1-8-2-5-10(7-11(8)13)12(14)6-9-3-4-9/h2,5,7,9H,3-4,6H2,1H3. The molecular weight excluding hydrogens is 196 g/mol. The van der Waals surface area contributed by atoms with E-state index in [0.29, 0.717) is 17.4 Å². The van der Waals surface area contributed by atoms with Gasteiger partial charge in [-0.1, -0.05) is 23.7 Å². The van der Waals surface area contributed by atoms with Crippen molar-refractivity contribution in [3.63, 3.8) is 0 Å². The quantitative estimate of drug-likeness (QED) is 0.694. The summed E-state index contributed by atoms with van der Waals surface area (Å²) in [6.07, 6.45) is 3.12. The summed E-state index contributed by atoms with van der Waals surface area (Å²) >= 11 is 5.96. The molecule has 14 heavy (non-hydrogen) atoms. The lowest BCUT2D eigenvalue weighted by atomic mass is 10.0. The molecule has 0 aromatic heterocycles. The van der Waals surface area contributed by atoms with E-state index in [1.165, 1.54) is 12.8 Å². The minimum Gasteiger partial charge on any atom is -0.294 e. The second kappa shape index (κ2) is 3.74. The summed E-state index contributed by atoms with van der Waals surface area (Å²) < 4.78 is 0. The van der Waals surface area contributed by atoms with Crippen molar-refractivity contribution in [1.82, 2.24) is 0 Å². The van der Waals surface area contributed by atoms with E-state index < -0.39 is 0 Å². The Balaban J connectivity index is 2.14. The first kappa shape index (κ1) is 9.72. The van der Waals surface area contributed by atoms with Gasteiger partial charge in [0.2, 0.25) is 0 Å². The Morgan fingerprint density at radius 2 is 2.21 bits per heavy atom. The average Bonchev–Trinajstić information content (AvgIpc) is 2.93. The molecule has 0 amide bonds. The Morgan fingerprint density at radius 1 is 1.50 bits per heavy atom. The predicted molar refractivity (Wildman–Crippen MR) is 57.9 cm³/mol. The summed E-state index contributed by atoms with van der Waals surface area (Å²) in [5.41, 5.74) is 1.78. The maximum absolute atomic E-state index is 11.7. The van der Waals surface area contributed by atoms with Gasteiger partial charge in [0.1, 0.15) is 0 Å². The molecule has 1 nitrogen and oxygen atoms in total. The number of Topliss-reactive ketones (excluding diaryl/α,β-unsaturated/α-hetero) is 1. The molecule has 1 aliphatic rings. The highest BCUT2D eigenvalue weighted by atomic mass is 35.5. The van der Waals surface area contributed by atoms with Crippen molar-refractivity contribution in [2.24, 2.45) is 5.92 Å². The van der Waals surface area contributed by atoms with Gasteiger partial charge in [-0.15, -0.1) is 0 Å². The first-order valence-electron chi connectivity index (χ1n) is 4.96. The number of carbonyl (C=O) groups excluding carboxylic acids is 1. The van der Waals surface area contributed by atoms with Crippen LogP contribution in [-0.4, -0.2) is 5.78 Å². The summed E-state index contributed by atoms with van der Waals surface area (Å²) in [6.45, 7) is 1.94. The normalized spacial score (nSPS) is 15.6. The third kappa shape index (κ3) is 2.16. The van der Waals surface area contributed by atoms with E-state index in [4.69, 9.17) is 11.6 Å². The van der Waals surface area contributed by atoms with Crippen LogP contribution >= 0.6 is 11.6 Å². The Hall–Kier alpha value is -0.820. The summed E-state index contributed by atoms with van der Waals surface area (Å²) in [7, 11) is 0. The van der Waals surface area contributed by atoms with Crippen molar-refractivity contribution in [2.75, 3.05) is 0 Å². The molecule has 2 rings (SSSR count). The van der Waals surface area contributed by atoms with Crippen molar-refractivity contribution < 1.29 is 4.79 Å². The highest BCUT2D eigenvalue weighted by Gasteiger charge is 2.24. The van der Waals surface area contributed by atoms with Crippen LogP contribution < -0.4 is 0 Å². The molecule has 0 bridgehead atoms. The molecular formula is C12H13ClO. The van der Waals surface area contributed by atoms with Gasteiger partial charge in [-0.05, 0) is 37.3 Å². The number of benzene rings is 1. The minimum atomic E-state index is 0.231. The van der Waals surface area contributed by atoms with Crippen LogP contribution in [0.3, 0.4) is 0 Å². The fourth-order valence-corrected chi connectivity index (χ4v) is 1.65. The number of hydrogen-bond acceptors (Lipinski definition) is 1. The highest BCUT2D eigenvalue weighted by Crippen LogP contribution is 2.33. The van der Waals surface area contributed by atoms with E-state index in [1.54, 1.807) is 6.07 Å². The number of rotatable bonds is 3. The number of halogens is 1. The van der Waals surface area contributed by atoms with E-state index in [-0.39, 0.29) is 5.78 Å². The predicted octanol–water partition coefficient (Wildman–Crippen LogP) is 3.63. The molecule has 1 saturated carbocycles. The molecule has 0 saturated heterocycles. The van der Waals surface area contributed by atoms with Gasteiger partial charge < -0.3 is 0 Å². The van der Waals surface area contributed by atoms with Crippen LogP contribution in [-0.2, 0) is 0 Å². The zero-order valence-electron chi connectivity index (χ0n) is 8.22. The topological polar surface area (TPSA) is 17.1 Å². The monoisotopic (exact) mass is 208 g/mol. The lowest BCUT2D eigenvalue weighted by molar-refractivity contribution is 0.0976. The van der Waals surface area contributed by atoms with Gasteiger partial charge >= 0.3 is 0 Å². The van der Waals surface area contributed by atoms with E-state index in [2.05, 4.69) is 0 Å². The van der Waals surface area contributed by atoms with Crippen LogP contribution in [0.25, 0.3) is 0 Å². The van der Waals surface area contributed by atoms with Crippen molar-refractivity contribution in [3.8, 4) is 0 Å². The summed E-state index contributed by atoms with van der Waals surface area (Å²) in [5.74, 6) is 0.872. The molecule has 0 N–H and O–H groups in total. The molecule has 1 aliphatic carbocycles. The van der Waals surface area contributed by atoms with Gasteiger partial charge in [0.05, 0.1) is 0 Å². The molecule has 0 unspecified atom stereocenters. The van der Waals surface area contributed by atoms with Crippen LogP contribution in [0.1, 0.15) is 35.2 Å². The van der Waals surface area contributed by atoms with Crippen molar-refractivity contribution in [3.05, 3.63) is 34.3 Å². The van der Waals surface area contributed by atoms with Crippen LogP contribution in [0.4, 0.5) is 0 Å². The van der Waals surface area contributed by atoms with Crippen LogP contribution in [0.2, 0.25) is 5.02 Å². The molecule has 0 spiro atoms. The van der Waals surface area contributed by atoms with Crippen molar-refractivity contribution in [2.45, 2.75) is 26.2 Å². The summed E-state index contributed by atoms with van der Waals surface area (Å²) in [5, 5.41) is 0.687. The van der Waals surface area contributed by atoms with E-state index >= 15 is 0 Å². The molecule has 0 aliphatic heterocycles. The maximum atomic E-state index is 11.7. The van der Waals surface area contributed by atoms with Crippen molar-refractivity contribution in [1.29, 1.82) is 0 Å². The second-order valence-corrected chi connectivity index (χ2v) is 4.44. The van der Waals surface area contributed by atoms with Crippen LogP contribution in [0.5, 0.6) is 0 Å². The Morgan fingerprint density at radius 3 is 2.79 bits per heavy atom. The summed E-state index contributed by atoms with van der Waals surface area (Å²) in [4.78, 5) is 11.7. The Kier molecular flexibility index (Phi) is 2.60. The molecule has 0 radical (unpaired) electrons. The third-order valence-corrected chi connectivity index (χ3v) is 3.07. The lowest BCUT2D eigenvalue weighted by Crippen LogP contribution is -2.00. The Labute approximate surface area is 89.1 Å². The van der Waals surface area contributed by atoms with Crippen molar-refractivity contribution >= 4 is 17.4 Å². The largest absolute Gasteiger partial charge is 0.294 e. The molecule has 74 valence electrons. The first-order valence-corrected chi connectivity index (χ1v) is 5.34. The minimum absolute atomic E-state index is 0.231. The molecule has 2 heteroatoms. The number of hydrogen-bond donors (Lipinski definition) is 0. The average molecular weight is 209 g/mol. The van der Waals surface area contributed by atoms with Gasteiger partial charge in [0.15, 0.2) is 5.78 Å². The smallest absolute Gasteiger partial charge is 0.163 e. The zero-order valence-corrected chi connectivity index (χ0v) is 8.97. The second-order valence-electron chi connectivity index (χ2n) is 4.03. The van der Waals surface area contributed by atoms with E-state index in [9.17, 15) is 4.79 Å². The van der Waals surface area contributed by atoms with Gasteiger partial charge in [-0.25, -0.2) is 0 Å². The van der Waals surface area contributed by atoms with Gasteiger partial charge in [0.25, 0.3) is 0 Å². The van der Waals surface area contributed by atoms with E-state index in [1.807, 2.05) is 19.1 Å². The fourth-order valence-electron chi connectivity index (χ4n) is 1.47. The van der Waals surface area contributed by atoms with Crippen LogP contribution in [0.15, 0.2) is 18.2 Å². The molecule has 0 heterocycles. The lowest BCUT2D eigenvalue weighted by Gasteiger charge is -2.02. The summed E-state index contributed by atoms with van der Waals surface area (Å²) in [6, 6.07) is 5.55. The van der Waals surface area contributed by atoms with Gasteiger partial charge in [0, 0.05) is 17.0 Å². The highest BCUT2D eigenvalue weighted by molar-refractivity contribution is 6.31. The molecule has 1 aromatic rings. The molecule has 1 fully saturated rings. The molecule has 0 atom stereocenters. The first-order chi connectivity index (χ1) is 6.66. The van der Waals surface area contributed by atoms with Gasteiger partial charge in [-0.3, -0.25) is 4.79 Å². The number of carbonyl (C=O) groups is 1. The number of aryl methyl sites for hydroxylation is 1. The SMILES string of the molecule is Cc1ccc(C(=O)CC2CC2)cc1Cl.